The second kappa shape index (κ2) is 9.67. The zero-order valence-electron chi connectivity index (χ0n) is 17.3. The van der Waals surface area contributed by atoms with Crippen LogP contribution in [0.2, 0.25) is 0 Å². The van der Waals surface area contributed by atoms with Crippen molar-refractivity contribution in [3.8, 4) is 0 Å². The molecule has 1 aromatic carbocycles. The molecule has 1 aromatic heterocycles. The third kappa shape index (κ3) is 5.21. The van der Waals surface area contributed by atoms with Crippen molar-refractivity contribution in [2.45, 2.75) is 45.7 Å². The molecule has 0 amide bonds. The van der Waals surface area contributed by atoms with Crippen LogP contribution in [-0.2, 0) is 13.6 Å². The molecule has 0 spiro atoms. The van der Waals surface area contributed by atoms with Gasteiger partial charge in [0.05, 0.1) is 0 Å². The van der Waals surface area contributed by atoms with Gasteiger partial charge >= 0.3 is 0 Å². The van der Waals surface area contributed by atoms with Crippen LogP contribution < -0.4 is 15.5 Å². The first-order valence-electron chi connectivity index (χ1n) is 10.1. The number of rotatable bonds is 7. The van der Waals surface area contributed by atoms with Crippen molar-refractivity contribution >= 4 is 11.6 Å². The van der Waals surface area contributed by atoms with Gasteiger partial charge in [-0.1, -0.05) is 19.4 Å². The van der Waals surface area contributed by atoms with E-state index in [0.29, 0.717) is 25.6 Å². The van der Waals surface area contributed by atoms with Crippen LogP contribution in [-0.4, -0.2) is 46.4 Å². The number of nitrogens with one attached hydrogen (secondary N) is 2. The van der Waals surface area contributed by atoms with Crippen molar-refractivity contribution in [3.63, 3.8) is 0 Å². The van der Waals surface area contributed by atoms with Crippen molar-refractivity contribution in [1.82, 2.24) is 25.4 Å². The summed E-state index contributed by atoms with van der Waals surface area (Å²) in [6, 6.07) is 4.02. The molecule has 158 valence electrons. The lowest BCUT2D eigenvalue weighted by molar-refractivity contribution is 0.575. The number of halogens is 2. The van der Waals surface area contributed by atoms with Crippen LogP contribution in [0.25, 0.3) is 0 Å². The SMILES string of the molecule is CCCCNC(=NCc1nnc(C)n1C)NC1CCN(c2c(F)cccc2F)C1. The molecule has 29 heavy (non-hydrogen) atoms. The monoisotopic (exact) mass is 405 g/mol. The van der Waals surface area contributed by atoms with Crippen LogP contribution in [0.3, 0.4) is 0 Å². The lowest BCUT2D eigenvalue weighted by Crippen LogP contribution is -2.45. The van der Waals surface area contributed by atoms with Gasteiger partial charge in [0, 0.05) is 32.7 Å². The summed E-state index contributed by atoms with van der Waals surface area (Å²) in [5.74, 6) is 1.24. The molecule has 3 rings (SSSR count). The molecular formula is C20H29F2N7. The van der Waals surface area contributed by atoms with Gasteiger partial charge in [-0.2, -0.15) is 0 Å². The molecule has 0 aliphatic carbocycles. The number of unbranched alkanes of at least 4 members (excludes halogenated alkanes) is 1. The third-order valence-electron chi connectivity index (χ3n) is 5.17. The minimum absolute atomic E-state index is 0.0446. The highest BCUT2D eigenvalue weighted by molar-refractivity contribution is 5.80. The van der Waals surface area contributed by atoms with E-state index in [9.17, 15) is 8.78 Å². The molecule has 2 heterocycles. The number of aryl methyl sites for hydroxylation is 1. The van der Waals surface area contributed by atoms with Crippen molar-refractivity contribution in [2.24, 2.45) is 12.0 Å². The Morgan fingerprint density at radius 2 is 2.03 bits per heavy atom. The summed E-state index contributed by atoms with van der Waals surface area (Å²) in [6.45, 7) is 6.32. The first-order chi connectivity index (χ1) is 14.0. The van der Waals surface area contributed by atoms with Crippen molar-refractivity contribution in [2.75, 3.05) is 24.5 Å². The maximum absolute atomic E-state index is 14.1. The average molecular weight is 405 g/mol. The number of guanidine groups is 1. The highest BCUT2D eigenvalue weighted by Gasteiger charge is 2.27. The first-order valence-corrected chi connectivity index (χ1v) is 10.1. The van der Waals surface area contributed by atoms with Gasteiger partial charge < -0.3 is 20.1 Å². The van der Waals surface area contributed by atoms with E-state index >= 15 is 0 Å². The van der Waals surface area contributed by atoms with Crippen molar-refractivity contribution in [3.05, 3.63) is 41.5 Å². The zero-order chi connectivity index (χ0) is 20.8. The predicted molar refractivity (Wildman–Crippen MR) is 110 cm³/mol. The number of para-hydroxylation sites is 1. The number of nitrogens with zero attached hydrogens (tertiary/aromatic N) is 5. The lowest BCUT2D eigenvalue weighted by Gasteiger charge is -2.21. The summed E-state index contributed by atoms with van der Waals surface area (Å²) in [4.78, 5) is 6.39. The Labute approximate surface area is 170 Å². The average Bonchev–Trinajstić information content (AvgIpc) is 3.27. The van der Waals surface area contributed by atoms with Gasteiger partial charge in [0.2, 0.25) is 0 Å². The molecule has 1 saturated heterocycles. The molecule has 1 unspecified atom stereocenters. The van der Waals surface area contributed by atoms with E-state index in [-0.39, 0.29) is 11.7 Å². The van der Waals surface area contributed by atoms with Gasteiger partial charge in [0.1, 0.15) is 29.7 Å². The van der Waals surface area contributed by atoms with Crippen LogP contribution in [0.4, 0.5) is 14.5 Å². The molecule has 0 bridgehead atoms. The molecule has 1 fully saturated rings. The van der Waals surface area contributed by atoms with Crippen LogP contribution >= 0.6 is 0 Å². The standard InChI is InChI=1S/C20H29F2N7/c1-4-5-10-23-20(24-12-18-27-26-14(2)28(18)3)25-15-9-11-29(13-15)19-16(21)7-6-8-17(19)22/h6-8,15H,4-5,9-13H2,1-3H3,(H2,23,24,25). The minimum atomic E-state index is -0.529. The topological polar surface area (TPSA) is 70.4 Å². The van der Waals surface area contributed by atoms with E-state index < -0.39 is 11.6 Å². The number of hydrogen-bond acceptors (Lipinski definition) is 4. The smallest absolute Gasteiger partial charge is 0.191 e. The number of anilines is 1. The molecule has 7 nitrogen and oxygen atoms in total. The summed E-state index contributed by atoms with van der Waals surface area (Å²) in [5, 5.41) is 14.9. The quantitative estimate of drug-likeness (QED) is 0.421. The van der Waals surface area contributed by atoms with Crippen LogP contribution in [0.15, 0.2) is 23.2 Å². The largest absolute Gasteiger partial charge is 0.365 e. The van der Waals surface area contributed by atoms with Crippen molar-refractivity contribution < 1.29 is 8.78 Å². The zero-order valence-corrected chi connectivity index (χ0v) is 17.3. The maximum atomic E-state index is 14.1. The molecule has 1 aliphatic rings. The highest BCUT2D eigenvalue weighted by Crippen LogP contribution is 2.26. The van der Waals surface area contributed by atoms with Crippen molar-refractivity contribution in [1.29, 1.82) is 0 Å². The van der Waals surface area contributed by atoms with Crippen LogP contribution in [0.1, 0.15) is 37.8 Å². The van der Waals surface area contributed by atoms with Gasteiger partial charge in [0.15, 0.2) is 11.8 Å². The first kappa shape index (κ1) is 21.0. The summed E-state index contributed by atoms with van der Waals surface area (Å²) in [6.07, 6.45) is 2.87. The molecule has 0 radical (unpaired) electrons. The lowest BCUT2D eigenvalue weighted by atomic mass is 10.2. The molecule has 2 N–H and O–H groups in total. The number of hydrogen-bond donors (Lipinski definition) is 2. The Balaban J connectivity index is 1.66. The van der Waals surface area contributed by atoms with E-state index in [2.05, 4.69) is 32.7 Å². The Morgan fingerprint density at radius 1 is 1.28 bits per heavy atom. The van der Waals surface area contributed by atoms with Crippen LogP contribution in [0, 0.1) is 18.6 Å². The molecule has 1 atom stereocenters. The van der Waals surface area contributed by atoms with Gasteiger partial charge in [0.25, 0.3) is 0 Å². The van der Waals surface area contributed by atoms with Gasteiger partial charge in [-0.3, -0.25) is 0 Å². The van der Waals surface area contributed by atoms with E-state index in [1.165, 1.54) is 18.2 Å². The fourth-order valence-electron chi connectivity index (χ4n) is 3.34. The molecule has 9 heteroatoms. The van der Waals surface area contributed by atoms with E-state index in [1.807, 2.05) is 18.5 Å². The molecule has 0 saturated carbocycles. The highest BCUT2D eigenvalue weighted by atomic mass is 19.1. The molecule has 1 aliphatic heterocycles. The number of aliphatic imine (C=N–C) groups is 1. The minimum Gasteiger partial charge on any atom is -0.365 e. The van der Waals surface area contributed by atoms with Crippen LogP contribution in [0.5, 0.6) is 0 Å². The summed E-state index contributed by atoms with van der Waals surface area (Å²) < 4.78 is 30.1. The molecular weight excluding hydrogens is 376 g/mol. The Bertz CT molecular complexity index is 829. The maximum Gasteiger partial charge on any atom is 0.191 e. The molecule has 2 aromatic rings. The fourth-order valence-corrected chi connectivity index (χ4v) is 3.34. The third-order valence-corrected chi connectivity index (χ3v) is 5.17. The number of aromatic nitrogens is 3. The van der Waals surface area contributed by atoms with E-state index in [1.54, 1.807) is 4.90 Å². The van der Waals surface area contributed by atoms with Gasteiger partial charge in [-0.15, -0.1) is 10.2 Å². The summed E-state index contributed by atoms with van der Waals surface area (Å²) in [5.41, 5.74) is 0.0452. The van der Waals surface area contributed by atoms with E-state index in [4.69, 9.17) is 0 Å². The predicted octanol–water partition coefficient (Wildman–Crippen LogP) is 2.52. The Hall–Kier alpha value is -2.71. The second-order valence-electron chi connectivity index (χ2n) is 7.31. The van der Waals surface area contributed by atoms with Gasteiger partial charge in [-0.25, -0.2) is 13.8 Å². The van der Waals surface area contributed by atoms with E-state index in [0.717, 1.165) is 37.5 Å². The Kier molecular flexibility index (Phi) is 7.00. The summed E-state index contributed by atoms with van der Waals surface area (Å²) >= 11 is 0. The summed E-state index contributed by atoms with van der Waals surface area (Å²) in [7, 11) is 1.91. The fraction of sp³-hybridized carbons (Fsp3) is 0.550. The number of benzene rings is 1. The normalized spacial score (nSPS) is 17.1. The Morgan fingerprint density at radius 3 is 2.69 bits per heavy atom. The second-order valence-corrected chi connectivity index (χ2v) is 7.31. The van der Waals surface area contributed by atoms with Gasteiger partial charge in [-0.05, 0) is 31.9 Å².